The number of piperazine rings is 1. The Morgan fingerprint density at radius 3 is 2.45 bits per heavy atom. The molecule has 162 valence electrons. The summed E-state index contributed by atoms with van der Waals surface area (Å²) in [4.78, 5) is 40.9. The van der Waals surface area contributed by atoms with E-state index >= 15 is 0 Å². The average molecular weight is 440 g/mol. The summed E-state index contributed by atoms with van der Waals surface area (Å²) in [5, 5.41) is 6.43. The second-order valence-electron chi connectivity index (χ2n) is 8.32. The zero-order valence-electron chi connectivity index (χ0n) is 17.4. The van der Waals surface area contributed by atoms with Crippen molar-refractivity contribution < 1.29 is 14.4 Å². The maximum atomic E-state index is 13.5. The number of amides is 3. The molecular weight excluding hydrogens is 414 g/mol. The van der Waals surface area contributed by atoms with Gasteiger partial charge in [-0.25, -0.2) is 0 Å². The number of carbonyl (C=O) groups is 3. The molecule has 1 heterocycles. The van der Waals surface area contributed by atoms with E-state index in [4.69, 9.17) is 11.6 Å². The zero-order chi connectivity index (χ0) is 22.0. The van der Waals surface area contributed by atoms with Crippen LogP contribution in [-0.2, 0) is 9.59 Å². The van der Waals surface area contributed by atoms with Crippen LogP contribution in [0, 0.1) is 6.92 Å². The van der Waals surface area contributed by atoms with Gasteiger partial charge in [0.05, 0.1) is 12.5 Å². The normalized spacial score (nSPS) is 23.0. The lowest BCUT2D eigenvalue weighted by Gasteiger charge is -2.48. The van der Waals surface area contributed by atoms with Gasteiger partial charge in [0.15, 0.2) is 0 Å². The van der Waals surface area contributed by atoms with E-state index in [9.17, 15) is 14.4 Å². The van der Waals surface area contributed by atoms with Gasteiger partial charge < -0.3 is 15.5 Å². The minimum absolute atomic E-state index is 0.0637. The maximum Gasteiger partial charge on any atom is 0.254 e. The summed E-state index contributed by atoms with van der Waals surface area (Å²) < 4.78 is 0. The molecule has 1 saturated carbocycles. The highest BCUT2D eigenvalue weighted by atomic mass is 35.5. The quantitative estimate of drug-likeness (QED) is 0.757. The van der Waals surface area contributed by atoms with Crippen molar-refractivity contribution in [2.75, 3.05) is 5.32 Å². The van der Waals surface area contributed by atoms with E-state index in [0.717, 1.165) is 31.2 Å². The summed E-state index contributed by atoms with van der Waals surface area (Å²) in [7, 11) is 0. The molecule has 0 bridgehead atoms. The third kappa shape index (κ3) is 4.74. The molecule has 2 N–H and O–H groups in total. The van der Waals surface area contributed by atoms with Crippen LogP contribution in [0.1, 0.15) is 48.0 Å². The third-order valence-corrected chi connectivity index (χ3v) is 6.34. The van der Waals surface area contributed by atoms with E-state index in [1.54, 1.807) is 41.3 Å². The summed E-state index contributed by atoms with van der Waals surface area (Å²) >= 11 is 5.90. The van der Waals surface area contributed by atoms with Crippen LogP contribution in [0.5, 0.6) is 0 Å². The SMILES string of the molecule is Cc1ccc(C(=O)N2[C@@H](CC(=O)Nc3ccc(Cl)cc3)C(=O)N[C@@H]3CCCC[C@@H]32)cc1. The molecule has 1 aliphatic heterocycles. The van der Waals surface area contributed by atoms with Crippen molar-refractivity contribution in [2.45, 2.75) is 57.2 Å². The minimum atomic E-state index is -0.847. The monoisotopic (exact) mass is 439 g/mol. The van der Waals surface area contributed by atoms with Crippen LogP contribution in [0.4, 0.5) is 5.69 Å². The summed E-state index contributed by atoms with van der Waals surface area (Å²) in [6, 6.07) is 13.1. The Morgan fingerprint density at radius 2 is 1.74 bits per heavy atom. The van der Waals surface area contributed by atoms with Crippen molar-refractivity contribution in [2.24, 2.45) is 0 Å². The second kappa shape index (κ2) is 9.10. The molecule has 1 aliphatic carbocycles. The van der Waals surface area contributed by atoms with Crippen LogP contribution in [-0.4, -0.2) is 40.7 Å². The predicted octanol–water partition coefficient (Wildman–Crippen LogP) is 3.93. The largest absolute Gasteiger partial charge is 0.349 e. The van der Waals surface area contributed by atoms with Crippen molar-refractivity contribution in [3.05, 3.63) is 64.7 Å². The van der Waals surface area contributed by atoms with Crippen LogP contribution >= 0.6 is 11.6 Å². The van der Waals surface area contributed by atoms with Gasteiger partial charge in [0.25, 0.3) is 5.91 Å². The fourth-order valence-corrected chi connectivity index (χ4v) is 4.62. The molecule has 4 rings (SSSR count). The number of halogens is 1. The average Bonchev–Trinajstić information content (AvgIpc) is 2.76. The van der Waals surface area contributed by atoms with Crippen LogP contribution < -0.4 is 10.6 Å². The van der Waals surface area contributed by atoms with Crippen molar-refractivity contribution in [3.63, 3.8) is 0 Å². The van der Waals surface area contributed by atoms with Gasteiger partial charge in [-0.05, 0) is 56.2 Å². The number of hydrogen-bond donors (Lipinski definition) is 2. The topological polar surface area (TPSA) is 78.5 Å². The molecule has 7 heteroatoms. The lowest BCUT2D eigenvalue weighted by Crippen LogP contribution is -2.68. The molecule has 3 amide bonds. The highest BCUT2D eigenvalue weighted by Gasteiger charge is 2.46. The number of anilines is 1. The number of benzene rings is 2. The molecular formula is C24H26ClN3O3. The highest BCUT2D eigenvalue weighted by molar-refractivity contribution is 6.30. The molecule has 0 radical (unpaired) electrons. The molecule has 6 nitrogen and oxygen atoms in total. The first-order valence-corrected chi connectivity index (χ1v) is 11.1. The Hall–Kier alpha value is -2.86. The summed E-state index contributed by atoms with van der Waals surface area (Å²) in [5.41, 5.74) is 2.19. The van der Waals surface area contributed by atoms with Crippen LogP contribution in [0.3, 0.4) is 0 Å². The molecule has 3 atom stereocenters. The van der Waals surface area contributed by atoms with E-state index in [1.807, 2.05) is 19.1 Å². The second-order valence-corrected chi connectivity index (χ2v) is 8.76. The van der Waals surface area contributed by atoms with Gasteiger partial charge in [0.2, 0.25) is 11.8 Å². The lowest BCUT2D eigenvalue weighted by molar-refractivity contribution is -0.135. The first kappa shape index (κ1) is 21.4. The number of hydrogen-bond acceptors (Lipinski definition) is 3. The molecule has 1 saturated heterocycles. The van der Waals surface area contributed by atoms with E-state index in [-0.39, 0.29) is 36.2 Å². The molecule has 2 aromatic rings. The first-order chi connectivity index (χ1) is 14.9. The first-order valence-electron chi connectivity index (χ1n) is 10.7. The Balaban J connectivity index is 1.58. The predicted molar refractivity (Wildman–Crippen MR) is 120 cm³/mol. The Morgan fingerprint density at radius 1 is 1.06 bits per heavy atom. The highest BCUT2D eigenvalue weighted by Crippen LogP contribution is 2.31. The van der Waals surface area contributed by atoms with E-state index in [0.29, 0.717) is 16.3 Å². The Labute approximate surface area is 187 Å². The van der Waals surface area contributed by atoms with Crippen LogP contribution in [0.15, 0.2) is 48.5 Å². The molecule has 2 aliphatic rings. The summed E-state index contributed by atoms with van der Waals surface area (Å²) in [5.74, 6) is -0.788. The smallest absolute Gasteiger partial charge is 0.254 e. The van der Waals surface area contributed by atoms with Crippen molar-refractivity contribution in [1.82, 2.24) is 10.2 Å². The molecule has 2 aromatic carbocycles. The van der Waals surface area contributed by atoms with Gasteiger partial charge in [0.1, 0.15) is 6.04 Å². The molecule has 0 unspecified atom stereocenters. The van der Waals surface area contributed by atoms with E-state index < -0.39 is 6.04 Å². The van der Waals surface area contributed by atoms with Gasteiger partial charge in [-0.3, -0.25) is 14.4 Å². The number of nitrogens with zero attached hydrogens (tertiary/aromatic N) is 1. The van der Waals surface area contributed by atoms with Gasteiger partial charge >= 0.3 is 0 Å². The summed E-state index contributed by atoms with van der Waals surface area (Å²) in [6.45, 7) is 1.96. The van der Waals surface area contributed by atoms with Gasteiger partial charge in [-0.1, -0.05) is 42.1 Å². The van der Waals surface area contributed by atoms with Gasteiger partial charge in [0, 0.05) is 22.3 Å². The number of rotatable bonds is 4. The standard InChI is InChI=1S/C24H26ClN3O3/c1-15-6-8-16(9-7-15)24(31)28-20-5-3-2-4-19(20)27-23(30)21(28)14-22(29)26-18-12-10-17(25)11-13-18/h6-13,19-21H,2-5,14H2,1H3,(H,26,29)(H,27,30)/t19-,20+,21+/m1/s1. The third-order valence-electron chi connectivity index (χ3n) is 6.09. The number of carbonyl (C=O) groups excluding carboxylic acids is 3. The number of aryl methyl sites for hydroxylation is 1. The number of fused-ring (bicyclic) bond motifs is 1. The Bertz CT molecular complexity index is 975. The maximum absolute atomic E-state index is 13.5. The molecule has 0 spiro atoms. The molecule has 31 heavy (non-hydrogen) atoms. The molecule has 0 aromatic heterocycles. The van der Waals surface area contributed by atoms with E-state index in [2.05, 4.69) is 10.6 Å². The fourth-order valence-electron chi connectivity index (χ4n) is 4.50. The minimum Gasteiger partial charge on any atom is -0.349 e. The fraction of sp³-hybridized carbons (Fsp3) is 0.375. The van der Waals surface area contributed by atoms with Gasteiger partial charge in [-0.2, -0.15) is 0 Å². The van der Waals surface area contributed by atoms with Crippen molar-refractivity contribution in [1.29, 1.82) is 0 Å². The lowest BCUT2D eigenvalue weighted by atomic mass is 9.84. The van der Waals surface area contributed by atoms with Crippen LogP contribution in [0.2, 0.25) is 5.02 Å². The van der Waals surface area contributed by atoms with E-state index in [1.165, 1.54) is 0 Å². The van der Waals surface area contributed by atoms with Crippen molar-refractivity contribution >= 4 is 35.0 Å². The Kier molecular flexibility index (Phi) is 6.28. The zero-order valence-corrected chi connectivity index (χ0v) is 18.2. The van der Waals surface area contributed by atoms with Crippen molar-refractivity contribution in [3.8, 4) is 0 Å². The molecule has 2 fully saturated rings. The summed E-state index contributed by atoms with van der Waals surface area (Å²) in [6.07, 6.45) is 3.58. The van der Waals surface area contributed by atoms with Crippen LogP contribution in [0.25, 0.3) is 0 Å². The number of nitrogens with one attached hydrogen (secondary N) is 2. The van der Waals surface area contributed by atoms with Gasteiger partial charge in [-0.15, -0.1) is 0 Å².